The highest BCUT2D eigenvalue weighted by atomic mass is 79.9. The number of carbonyl (C=O) groups excluding carboxylic acids is 2. The van der Waals surface area contributed by atoms with Gasteiger partial charge in [0.05, 0.1) is 0 Å². The van der Waals surface area contributed by atoms with E-state index in [1.807, 2.05) is 30.3 Å². The lowest BCUT2D eigenvalue weighted by atomic mass is 10.0. The molecule has 0 saturated carbocycles. The third-order valence-corrected chi connectivity index (χ3v) is 4.08. The summed E-state index contributed by atoms with van der Waals surface area (Å²) in [6.07, 6.45) is 0. The van der Waals surface area contributed by atoms with E-state index in [9.17, 15) is 9.59 Å². The second-order valence-electron chi connectivity index (χ2n) is 5.44. The van der Waals surface area contributed by atoms with E-state index in [1.54, 1.807) is 48.5 Å². The average Bonchev–Trinajstić information content (AvgIpc) is 2.68. The highest BCUT2D eigenvalue weighted by Gasteiger charge is 2.10. The molecule has 0 aromatic heterocycles. The van der Waals surface area contributed by atoms with Crippen molar-refractivity contribution in [2.75, 3.05) is 6.61 Å². The first-order valence-electron chi connectivity index (χ1n) is 7.91. The van der Waals surface area contributed by atoms with Crippen LogP contribution < -0.4 is 9.47 Å². The van der Waals surface area contributed by atoms with Gasteiger partial charge in [0.2, 0.25) is 0 Å². The molecule has 0 unspecified atom stereocenters. The van der Waals surface area contributed by atoms with Crippen LogP contribution in [0.25, 0.3) is 0 Å². The van der Waals surface area contributed by atoms with Crippen molar-refractivity contribution in [1.29, 1.82) is 0 Å². The van der Waals surface area contributed by atoms with Crippen molar-refractivity contribution < 1.29 is 19.1 Å². The van der Waals surface area contributed by atoms with E-state index in [2.05, 4.69) is 15.9 Å². The smallest absolute Gasteiger partial charge is 0.349 e. The molecule has 0 N–H and O–H groups in total. The van der Waals surface area contributed by atoms with Gasteiger partial charge in [0.1, 0.15) is 11.5 Å². The molecule has 3 aromatic rings. The van der Waals surface area contributed by atoms with Crippen LogP contribution in [0.5, 0.6) is 11.5 Å². The second-order valence-corrected chi connectivity index (χ2v) is 6.35. The Hall–Kier alpha value is -2.92. The van der Waals surface area contributed by atoms with E-state index >= 15 is 0 Å². The second kappa shape index (κ2) is 8.45. The van der Waals surface area contributed by atoms with Crippen molar-refractivity contribution in [3.8, 4) is 11.5 Å². The zero-order valence-electron chi connectivity index (χ0n) is 13.7. The van der Waals surface area contributed by atoms with Crippen molar-refractivity contribution >= 4 is 27.7 Å². The summed E-state index contributed by atoms with van der Waals surface area (Å²) in [5.41, 5.74) is 1.14. The van der Waals surface area contributed by atoms with Crippen LogP contribution in [0.1, 0.15) is 15.9 Å². The molecule has 3 rings (SSSR count). The number of rotatable bonds is 6. The number of hydrogen-bond acceptors (Lipinski definition) is 4. The molecular weight excluding hydrogens is 396 g/mol. The van der Waals surface area contributed by atoms with Gasteiger partial charge in [0.15, 0.2) is 12.4 Å². The van der Waals surface area contributed by atoms with Crippen molar-refractivity contribution in [3.05, 3.63) is 94.5 Å². The van der Waals surface area contributed by atoms with Crippen molar-refractivity contribution in [1.82, 2.24) is 0 Å². The Balaban J connectivity index is 1.56. The molecule has 26 heavy (non-hydrogen) atoms. The van der Waals surface area contributed by atoms with Gasteiger partial charge in [-0.05, 0) is 48.5 Å². The maximum Gasteiger partial charge on any atom is 0.349 e. The number of hydrogen-bond donors (Lipinski definition) is 0. The Labute approximate surface area is 159 Å². The molecule has 0 aliphatic heterocycles. The van der Waals surface area contributed by atoms with Crippen LogP contribution in [0.15, 0.2) is 83.3 Å². The summed E-state index contributed by atoms with van der Waals surface area (Å²) in [7, 11) is 0. The van der Waals surface area contributed by atoms with Gasteiger partial charge in [0, 0.05) is 15.6 Å². The third-order valence-electron chi connectivity index (χ3n) is 3.55. The quantitative estimate of drug-likeness (QED) is 0.336. The van der Waals surface area contributed by atoms with Crippen LogP contribution in [0, 0.1) is 0 Å². The number of ether oxygens (including phenoxy) is 2. The first kappa shape index (κ1) is 17.9. The molecule has 3 aromatic carbocycles. The summed E-state index contributed by atoms with van der Waals surface area (Å²) in [5, 5.41) is 0. The molecule has 0 saturated heterocycles. The normalized spacial score (nSPS) is 10.2. The van der Waals surface area contributed by atoms with E-state index in [4.69, 9.17) is 9.47 Å². The summed E-state index contributed by atoms with van der Waals surface area (Å²) in [4.78, 5) is 24.2. The first-order chi connectivity index (χ1) is 12.6. The molecule has 4 nitrogen and oxygen atoms in total. The molecule has 0 bridgehead atoms. The van der Waals surface area contributed by atoms with Crippen molar-refractivity contribution in [2.24, 2.45) is 0 Å². The summed E-state index contributed by atoms with van der Waals surface area (Å²) < 4.78 is 11.5. The molecule has 0 aliphatic rings. The summed E-state index contributed by atoms with van der Waals surface area (Å²) in [6, 6.07) is 22.6. The van der Waals surface area contributed by atoms with Crippen LogP contribution in [0.2, 0.25) is 0 Å². The average molecular weight is 411 g/mol. The fourth-order valence-corrected chi connectivity index (χ4v) is 2.53. The fraction of sp³-hybridized carbons (Fsp3) is 0.0476. The van der Waals surface area contributed by atoms with Gasteiger partial charge < -0.3 is 9.47 Å². The molecule has 130 valence electrons. The zero-order valence-corrected chi connectivity index (χ0v) is 15.3. The molecule has 0 amide bonds. The molecule has 0 heterocycles. The molecule has 5 heteroatoms. The number of ketones is 1. The van der Waals surface area contributed by atoms with Crippen molar-refractivity contribution in [2.45, 2.75) is 0 Å². The van der Waals surface area contributed by atoms with Crippen LogP contribution in [0.3, 0.4) is 0 Å². The highest BCUT2D eigenvalue weighted by Crippen LogP contribution is 2.17. The Morgan fingerprint density at radius 1 is 0.731 bits per heavy atom. The number of halogens is 1. The standard InChI is InChI=1S/C21H15BrO4/c22-17-8-12-18(13-9-17)25-14-20(23)26-19-10-6-16(7-11-19)21(24)15-4-2-1-3-5-15/h1-13H,14H2. The molecular formula is C21H15BrO4. The van der Waals surface area contributed by atoms with E-state index < -0.39 is 5.97 Å². The Morgan fingerprint density at radius 3 is 1.96 bits per heavy atom. The minimum Gasteiger partial charge on any atom is -0.482 e. The van der Waals surface area contributed by atoms with Gasteiger partial charge in [0.25, 0.3) is 0 Å². The van der Waals surface area contributed by atoms with Gasteiger partial charge in [-0.3, -0.25) is 4.79 Å². The Morgan fingerprint density at radius 2 is 1.31 bits per heavy atom. The molecule has 0 spiro atoms. The van der Waals surface area contributed by atoms with E-state index in [0.717, 1.165) is 4.47 Å². The SMILES string of the molecule is O=C(COc1ccc(Br)cc1)Oc1ccc(C(=O)c2ccccc2)cc1. The number of benzene rings is 3. The molecule has 0 radical (unpaired) electrons. The maximum absolute atomic E-state index is 12.3. The summed E-state index contributed by atoms with van der Waals surface area (Å²) in [6.45, 7) is -0.202. The fourth-order valence-electron chi connectivity index (χ4n) is 2.26. The van der Waals surface area contributed by atoms with Gasteiger partial charge >= 0.3 is 5.97 Å². The van der Waals surface area contributed by atoms with Gasteiger partial charge in [-0.1, -0.05) is 46.3 Å². The van der Waals surface area contributed by atoms with Crippen LogP contribution in [-0.4, -0.2) is 18.4 Å². The number of carbonyl (C=O) groups is 2. The lowest BCUT2D eigenvalue weighted by Gasteiger charge is -2.07. The highest BCUT2D eigenvalue weighted by molar-refractivity contribution is 9.10. The zero-order chi connectivity index (χ0) is 18.4. The van der Waals surface area contributed by atoms with E-state index in [0.29, 0.717) is 22.6 Å². The van der Waals surface area contributed by atoms with Gasteiger partial charge in [-0.25, -0.2) is 4.79 Å². The lowest BCUT2D eigenvalue weighted by Crippen LogP contribution is -2.17. The van der Waals surface area contributed by atoms with E-state index in [-0.39, 0.29) is 12.4 Å². The monoisotopic (exact) mass is 410 g/mol. The third kappa shape index (κ3) is 4.80. The minimum absolute atomic E-state index is 0.0814. The first-order valence-corrected chi connectivity index (χ1v) is 8.70. The van der Waals surface area contributed by atoms with Crippen LogP contribution >= 0.6 is 15.9 Å². The predicted molar refractivity (Wildman–Crippen MR) is 102 cm³/mol. The summed E-state index contributed by atoms with van der Waals surface area (Å²) >= 11 is 3.33. The summed E-state index contributed by atoms with van der Waals surface area (Å²) in [5.74, 6) is 0.338. The van der Waals surface area contributed by atoms with Gasteiger partial charge in [-0.15, -0.1) is 0 Å². The largest absolute Gasteiger partial charge is 0.482 e. The maximum atomic E-state index is 12.3. The predicted octanol–water partition coefficient (Wildman–Crippen LogP) is 4.66. The van der Waals surface area contributed by atoms with Gasteiger partial charge in [-0.2, -0.15) is 0 Å². The Kier molecular flexibility index (Phi) is 5.81. The minimum atomic E-state index is -0.518. The lowest BCUT2D eigenvalue weighted by molar-refractivity contribution is -0.136. The molecule has 0 aliphatic carbocycles. The van der Waals surface area contributed by atoms with Crippen LogP contribution in [-0.2, 0) is 4.79 Å². The topological polar surface area (TPSA) is 52.6 Å². The molecule has 0 fully saturated rings. The Bertz CT molecular complexity index is 888. The van der Waals surface area contributed by atoms with E-state index in [1.165, 1.54) is 0 Å². The number of esters is 1. The molecule has 0 atom stereocenters. The van der Waals surface area contributed by atoms with Crippen LogP contribution in [0.4, 0.5) is 0 Å². The van der Waals surface area contributed by atoms with Crippen molar-refractivity contribution in [3.63, 3.8) is 0 Å².